The molecular weight excluding hydrogens is 252 g/mol. The van der Waals surface area contributed by atoms with Gasteiger partial charge in [-0.25, -0.2) is 0 Å². The van der Waals surface area contributed by atoms with Crippen LogP contribution < -0.4 is 11.5 Å². The molecule has 0 aliphatic heterocycles. The quantitative estimate of drug-likeness (QED) is 0.232. The fraction of sp³-hybridized carbons (Fsp3) is 0.750. The van der Waals surface area contributed by atoms with E-state index in [-0.39, 0.29) is 0 Å². The van der Waals surface area contributed by atoms with Gasteiger partial charge in [0.05, 0.1) is 13.2 Å². The van der Waals surface area contributed by atoms with Crippen molar-refractivity contribution in [3.8, 4) is 0 Å². The van der Waals surface area contributed by atoms with Crippen LogP contribution in [-0.2, 0) is 9.59 Å². The molecule has 0 rings (SSSR count). The molecule has 0 aliphatic rings. The van der Waals surface area contributed by atoms with Crippen LogP contribution in [0.25, 0.3) is 0 Å². The van der Waals surface area contributed by atoms with E-state index in [2.05, 4.69) is 0 Å². The summed E-state index contributed by atoms with van der Waals surface area (Å²) in [6.07, 6.45) is -2.75. The van der Waals surface area contributed by atoms with Crippen LogP contribution in [0.2, 0.25) is 0 Å². The molecular formula is C8H18N2O8. The number of carbonyl (C=O) groups is 2. The van der Waals surface area contributed by atoms with Crippen molar-refractivity contribution in [1.82, 2.24) is 0 Å². The summed E-state index contributed by atoms with van der Waals surface area (Å²) in [5, 5.41) is 49.6. The average Bonchev–Trinajstić information content (AvgIpc) is 2.35. The van der Waals surface area contributed by atoms with Crippen molar-refractivity contribution >= 4 is 11.9 Å². The fourth-order valence-corrected chi connectivity index (χ4v) is 0.556. The second-order valence-corrected chi connectivity index (χ2v) is 3.23. The first-order chi connectivity index (χ1) is 8.18. The van der Waals surface area contributed by atoms with Gasteiger partial charge in [-0.3, -0.25) is 9.59 Å². The van der Waals surface area contributed by atoms with Gasteiger partial charge in [0, 0.05) is 0 Å². The van der Waals surface area contributed by atoms with E-state index >= 15 is 0 Å². The third-order valence-corrected chi connectivity index (χ3v) is 1.77. The molecule has 4 unspecified atom stereocenters. The zero-order chi connectivity index (χ0) is 14.9. The monoisotopic (exact) mass is 270 g/mol. The Morgan fingerprint density at radius 2 is 1.06 bits per heavy atom. The summed E-state index contributed by atoms with van der Waals surface area (Å²) in [4.78, 5) is 19.8. The average molecular weight is 270 g/mol. The van der Waals surface area contributed by atoms with Crippen LogP contribution in [0.5, 0.6) is 0 Å². The van der Waals surface area contributed by atoms with Gasteiger partial charge in [-0.1, -0.05) is 0 Å². The van der Waals surface area contributed by atoms with Crippen molar-refractivity contribution in [3.05, 3.63) is 0 Å². The molecule has 0 saturated heterocycles. The Hall–Kier alpha value is -1.30. The Balaban J connectivity index is 0. The van der Waals surface area contributed by atoms with Gasteiger partial charge in [-0.15, -0.1) is 0 Å². The van der Waals surface area contributed by atoms with Gasteiger partial charge in [-0.2, -0.15) is 0 Å². The van der Waals surface area contributed by atoms with Crippen molar-refractivity contribution in [3.63, 3.8) is 0 Å². The maximum absolute atomic E-state index is 9.90. The van der Waals surface area contributed by atoms with Crippen LogP contribution in [0.15, 0.2) is 0 Å². The van der Waals surface area contributed by atoms with Crippen molar-refractivity contribution in [1.29, 1.82) is 0 Å². The number of aliphatic carboxylic acids is 2. The van der Waals surface area contributed by atoms with Gasteiger partial charge >= 0.3 is 11.9 Å². The Kier molecular flexibility index (Phi) is 10.3. The van der Waals surface area contributed by atoms with E-state index in [0.717, 1.165) is 0 Å². The highest BCUT2D eigenvalue weighted by Gasteiger charge is 2.20. The van der Waals surface area contributed by atoms with E-state index in [4.69, 9.17) is 42.1 Å². The molecule has 4 atom stereocenters. The topological polar surface area (TPSA) is 208 Å². The zero-order valence-corrected chi connectivity index (χ0v) is 9.38. The molecule has 18 heavy (non-hydrogen) atoms. The zero-order valence-electron chi connectivity index (χ0n) is 9.38. The van der Waals surface area contributed by atoms with E-state index in [1.807, 2.05) is 0 Å². The normalized spacial score (nSPS) is 16.8. The number of carboxylic acid groups (broad SMARTS) is 2. The van der Waals surface area contributed by atoms with Crippen molar-refractivity contribution in [2.45, 2.75) is 24.3 Å². The van der Waals surface area contributed by atoms with Crippen LogP contribution in [0.3, 0.4) is 0 Å². The first-order valence-corrected chi connectivity index (χ1v) is 4.73. The van der Waals surface area contributed by atoms with Crippen molar-refractivity contribution in [2.24, 2.45) is 11.5 Å². The molecule has 108 valence electrons. The van der Waals surface area contributed by atoms with Gasteiger partial charge in [0.25, 0.3) is 0 Å². The Morgan fingerprint density at radius 3 is 1.11 bits per heavy atom. The smallest absolute Gasteiger partial charge is 0.323 e. The minimum absolute atomic E-state index is 0.631. The highest BCUT2D eigenvalue weighted by molar-refractivity contribution is 5.74. The largest absolute Gasteiger partial charge is 0.480 e. The van der Waals surface area contributed by atoms with E-state index < -0.39 is 49.4 Å². The third-order valence-electron chi connectivity index (χ3n) is 1.77. The lowest BCUT2D eigenvalue weighted by molar-refractivity contribution is -0.142. The molecule has 0 spiro atoms. The lowest BCUT2D eigenvalue weighted by Gasteiger charge is -2.10. The molecule has 0 fully saturated rings. The number of aliphatic hydroxyl groups is 4. The standard InChI is InChI=1S/2C4H9NO4/c2*5-3(4(8)9)2(7)1-6/h2*2-3,6-7H,1,5H2,(H,8,9). The van der Waals surface area contributed by atoms with E-state index in [9.17, 15) is 9.59 Å². The maximum atomic E-state index is 9.90. The number of hydrogen-bond donors (Lipinski definition) is 8. The molecule has 10 nitrogen and oxygen atoms in total. The summed E-state index contributed by atoms with van der Waals surface area (Å²) in [7, 11) is 0. The minimum Gasteiger partial charge on any atom is -0.480 e. The predicted octanol–water partition coefficient (Wildman–Crippen LogP) is -4.50. The molecule has 0 aromatic carbocycles. The van der Waals surface area contributed by atoms with Crippen LogP contribution in [-0.4, -0.2) is 80.1 Å². The van der Waals surface area contributed by atoms with Gasteiger partial charge in [0.15, 0.2) is 0 Å². The Bertz CT molecular complexity index is 235. The van der Waals surface area contributed by atoms with E-state index in [0.29, 0.717) is 0 Å². The third kappa shape index (κ3) is 7.89. The highest BCUT2D eigenvalue weighted by Crippen LogP contribution is 1.87. The second kappa shape index (κ2) is 9.70. The number of rotatable bonds is 6. The SMILES string of the molecule is NC(C(=O)O)C(O)CO.NC(C(=O)O)C(O)CO. The van der Waals surface area contributed by atoms with Gasteiger partial charge in [-0.05, 0) is 0 Å². The molecule has 0 amide bonds. The summed E-state index contributed by atoms with van der Waals surface area (Å²) < 4.78 is 0. The van der Waals surface area contributed by atoms with E-state index in [1.165, 1.54) is 0 Å². The van der Waals surface area contributed by atoms with Crippen molar-refractivity contribution < 1.29 is 40.2 Å². The fourth-order valence-electron chi connectivity index (χ4n) is 0.556. The number of aliphatic hydroxyl groups excluding tert-OH is 4. The predicted molar refractivity (Wildman–Crippen MR) is 57.4 cm³/mol. The second-order valence-electron chi connectivity index (χ2n) is 3.23. The summed E-state index contributed by atoms with van der Waals surface area (Å²) in [6.45, 7) is -1.26. The minimum atomic E-state index is -1.39. The molecule has 0 aliphatic carbocycles. The van der Waals surface area contributed by atoms with Gasteiger partial charge in [0.2, 0.25) is 0 Å². The Morgan fingerprint density at radius 1 is 0.833 bits per heavy atom. The van der Waals surface area contributed by atoms with Crippen LogP contribution >= 0.6 is 0 Å². The van der Waals surface area contributed by atoms with Crippen LogP contribution in [0.4, 0.5) is 0 Å². The maximum Gasteiger partial charge on any atom is 0.323 e. The highest BCUT2D eigenvalue weighted by atomic mass is 16.4. The van der Waals surface area contributed by atoms with Gasteiger partial charge < -0.3 is 42.1 Å². The molecule has 10 heteroatoms. The first kappa shape index (κ1) is 19.0. The Labute approximate surface area is 102 Å². The summed E-state index contributed by atoms with van der Waals surface area (Å²) in [5.74, 6) is -2.65. The van der Waals surface area contributed by atoms with Gasteiger partial charge in [0.1, 0.15) is 24.3 Å². The number of carboxylic acids is 2. The van der Waals surface area contributed by atoms with Crippen LogP contribution in [0, 0.1) is 0 Å². The molecule has 0 bridgehead atoms. The number of nitrogens with two attached hydrogens (primary N) is 2. The van der Waals surface area contributed by atoms with E-state index in [1.54, 1.807) is 0 Å². The van der Waals surface area contributed by atoms with Crippen LogP contribution in [0.1, 0.15) is 0 Å². The summed E-state index contributed by atoms with van der Waals surface area (Å²) >= 11 is 0. The lowest BCUT2D eigenvalue weighted by atomic mass is 10.2. The van der Waals surface area contributed by atoms with Crippen molar-refractivity contribution in [2.75, 3.05) is 13.2 Å². The molecule has 0 heterocycles. The molecule has 0 radical (unpaired) electrons. The lowest BCUT2D eigenvalue weighted by Crippen LogP contribution is -2.43. The first-order valence-electron chi connectivity index (χ1n) is 4.73. The summed E-state index contributed by atoms with van der Waals surface area (Å²) in [6, 6.07) is -2.79. The number of hydrogen-bond acceptors (Lipinski definition) is 8. The molecule has 10 N–H and O–H groups in total. The molecule has 0 aromatic rings. The summed E-state index contributed by atoms with van der Waals surface area (Å²) in [5.41, 5.74) is 9.72. The molecule has 0 aromatic heterocycles. The molecule has 0 saturated carbocycles.